The number of allylic oxidation sites excluding steroid dienone is 3. The first-order valence-corrected chi connectivity index (χ1v) is 5.19. The number of nitrogens with two attached hydrogens (primary N) is 2. The second-order valence-corrected chi connectivity index (χ2v) is 3.66. The van der Waals surface area contributed by atoms with Crippen LogP contribution in [-0.4, -0.2) is 0 Å². The lowest BCUT2D eigenvalue weighted by atomic mass is 10.1. The average Bonchev–Trinajstić information content (AvgIpc) is 2.25. The molecule has 15 heavy (non-hydrogen) atoms. The zero-order chi connectivity index (χ0) is 11.3. The summed E-state index contributed by atoms with van der Waals surface area (Å²) in [7, 11) is 0. The van der Waals surface area contributed by atoms with E-state index in [1.165, 1.54) is 0 Å². The Balaban J connectivity index is 2.89. The molecule has 4 N–H and O–H groups in total. The number of rotatable bonds is 3. The van der Waals surface area contributed by atoms with Gasteiger partial charge in [0, 0.05) is 16.4 Å². The molecule has 0 unspecified atom stereocenters. The van der Waals surface area contributed by atoms with Gasteiger partial charge in [-0.2, -0.15) is 0 Å². The minimum atomic E-state index is 0.661. The van der Waals surface area contributed by atoms with E-state index in [4.69, 9.17) is 23.1 Å². The zero-order valence-electron chi connectivity index (χ0n) is 8.70. The van der Waals surface area contributed by atoms with Crippen LogP contribution in [0.1, 0.15) is 18.9 Å². The molecule has 1 aromatic carbocycles. The van der Waals surface area contributed by atoms with Crippen LogP contribution < -0.4 is 11.5 Å². The third-order valence-electron chi connectivity index (χ3n) is 2.04. The first kappa shape index (κ1) is 11.7. The van der Waals surface area contributed by atoms with Crippen LogP contribution in [0.25, 0.3) is 5.70 Å². The highest BCUT2D eigenvalue weighted by Gasteiger charge is 1.95. The third-order valence-corrected chi connectivity index (χ3v) is 2.28. The fourth-order valence-corrected chi connectivity index (χ4v) is 1.27. The first-order valence-electron chi connectivity index (χ1n) is 4.81. The van der Waals surface area contributed by atoms with E-state index in [9.17, 15) is 0 Å². The molecule has 0 saturated carbocycles. The van der Waals surface area contributed by atoms with E-state index in [1.807, 2.05) is 37.3 Å². The van der Waals surface area contributed by atoms with Gasteiger partial charge in [0.2, 0.25) is 0 Å². The summed E-state index contributed by atoms with van der Waals surface area (Å²) in [5, 5.41) is 0.677. The molecule has 0 atom stereocenters. The molecule has 0 saturated heterocycles. The normalized spacial score (nSPS) is 12.9. The molecule has 0 radical (unpaired) electrons. The Morgan fingerprint density at radius 2 is 2.07 bits per heavy atom. The van der Waals surface area contributed by atoms with Crippen molar-refractivity contribution in [2.75, 3.05) is 0 Å². The minimum Gasteiger partial charge on any atom is -0.402 e. The highest BCUT2D eigenvalue weighted by Crippen LogP contribution is 2.15. The predicted molar refractivity (Wildman–Crippen MR) is 66.2 cm³/mol. The Bertz CT molecular complexity index is 394. The van der Waals surface area contributed by atoms with Crippen molar-refractivity contribution in [1.82, 2.24) is 0 Å². The van der Waals surface area contributed by atoms with Crippen LogP contribution in [0.4, 0.5) is 0 Å². The highest BCUT2D eigenvalue weighted by atomic mass is 35.5. The molecular weight excluding hydrogens is 208 g/mol. The minimum absolute atomic E-state index is 0.661. The maximum absolute atomic E-state index is 5.87. The van der Waals surface area contributed by atoms with Crippen molar-refractivity contribution >= 4 is 17.3 Å². The van der Waals surface area contributed by atoms with E-state index >= 15 is 0 Å². The van der Waals surface area contributed by atoms with Gasteiger partial charge in [0.05, 0.1) is 0 Å². The van der Waals surface area contributed by atoms with Gasteiger partial charge in [-0.1, -0.05) is 30.7 Å². The van der Waals surface area contributed by atoms with Crippen molar-refractivity contribution in [3.8, 4) is 0 Å². The van der Waals surface area contributed by atoms with Crippen molar-refractivity contribution in [1.29, 1.82) is 0 Å². The molecule has 0 amide bonds. The molecule has 3 heteroatoms. The van der Waals surface area contributed by atoms with E-state index in [0.717, 1.165) is 17.7 Å². The second-order valence-electron chi connectivity index (χ2n) is 3.23. The lowest BCUT2D eigenvalue weighted by Crippen LogP contribution is -1.97. The second kappa shape index (κ2) is 5.47. The molecule has 0 aliphatic heterocycles. The monoisotopic (exact) mass is 222 g/mol. The summed E-state index contributed by atoms with van der Waals surface area (Å²) >= 11 is 5.86. The summed E-state index contributed by atoms with van der Waals surface area (Å²) in [6.45, 7) is 2.00. The number of halogens is 1. The fraction of sp³-hybridized carbons (Fsp3) is 0.167. The standard InChI is InChI=1S/C12H15ClN2/c1-2-11(14)6-7-12(15)9-4-3-5-10(13)8-9/h3-8H,2,14-15H2,1H3/b11-6-,12-7-. The predicted octanol–water partition coefficient (Wildman–Crippen LogP) is 2.89. The molecule has 1 rings (SSSR count). The molecule has 1 aromatic rings. The van der Waals surface area contributed by atoms with E-state index in [1.54, 1.807) is 6.08 Å². The van der Waals surface area contributed by atoms with Crippen LogP contribution in [0.5, 0.6) is 0 Å². The Kier molecular flexibility index (Phi) is 4.25. The van der Waals surface area contributed by atoms with Gasteiger partial charge >= 0.3 is 0 Å². The van der Waals surface area contributed by atoms with Gasteiger partial charge in [0.1, 0.15) is 0 Å². The van der Waals surface area contributed by atoms with E-state index in [-0.39, 0.29) is 0 Å². The molecule has 0 spiro atoms. The van der Waals surface area contributed by atoms with Crippen LogP contribution in [-0.2, 0) is 0 Å². The number of hydrogen-bond acceptors (Lipinski definition) is 2. The van der Waals surface area contributed by atoms with Gasteiger partial charge in [-0.05, 0) is 36.3 Å². The fourth-order valence-electron chi connectivity index (χ4n) is 1.08. The van der Waals surface area contributed by atoms with Crippen molar-refractivity contribution < 1.29 is 0 Å². The largest absolute Gasteiger partial charge is 0.402 e. The Morgan fingerprint density at radius 3 is 2.67 bits per heavy atom. The quantitative estimate of drug-likeness (QED) is 0.773. The number of benzene rings is 1. The average molecular weight is 223 g/mol. The van der Waals surface area contributed by atoms with E-state index in [0.29, 0.717) is 10.7 Å². The Morgan fingerprint density at radius 1 is 1.33 bits per heavy atom. The Hall–Kier alpha value is -1.41. The summed E-state index contributed by atoms with van der Waals surface area (Å²) in [6.07, 6.45) is 4.43. The van der Waals surface area contributed by atoms with Crippen LogP contribution in [0, 0.1) is 0 Å². The molecule has 0 bridgehead atoms. The molecule has 0 aliphatic carbocycles. The van der Waals surface area contributed by atoms with Crippen LogP contribution in [0.15, 0.2) is 42.1 Å². The van der Waals surface area contributed by atoms with Crippen molar-refractivity contribution in [3.63, 3.8) is 0 Å². The Labute approximate surface area is 95.2 Å². The lowest BCUT2D eigenvalue weighted by molar-refractivity contribution is 1.07. The van der Waals surface area contributed by atoms with Crippen LogP contribution in [0.3, 0.4) is 0 Å². The van der Waals surface area contributed by atoms with Gasteiger partial charge < -0.3 is 11.5 Å². The molecular formula is C12H15ClN2. The lowest BCUT2D eigenvalue weighted by Gasteiger charge is -2.01. The van der Waals surface area contributed by atoms with E-state index in [2.05, 4.69) is 0 Å². The molecule has 0 heterocycles. The smallest absolute Gasteiger partial charge is 0.0412 e. The van der Waals surface area contributed by atoms with Crippen LogP contribution >= 0.6 is 11.6 Å². The highest BCUT2D eigenvalue weighted by molar-refractivity contribution is 6.30. The van der Waals surface area contributed by atoms with Crippen molar-refractivity contribution in [3.05, 3.63) is 52.7 Å². The van der Waals surface area contributed by atoms with Gasteiger partial charge in [-0.15, -0.1) is 0 Å². The van der Waals surface area contributed by atoms with Gasteiger partial charge in [0.15, 0.2) is 0 Å². The maximum atomic E-state index is 5.87. The summed E-state index contributed by atoms with van der Waals surface area (Å²) in [6, 6.07) is 7.41. The third kappa shape index (κ3) is 3.68. The first-order chi connectivity index (χ1) is 7.13. The van der Waals surface area contributed by atoms with E-state index < -0.39 is 0 Å². The summed E-state index contributed by atoms with van der Waals surface area (Å²) in [5.41, 5.74) is 13.9. The molecule has 0 aliphatic rings. The topological polar surface area (TPSA) is 52.0 Å². The molecule has 2 nitrogen and oxygen atoms in total. The maximum Gasteiger partial charge on any atom is 0.0412 e. The van der Waals surface area contributed by atoms with Gasteiger partial charge in [-0.3, -0.25) is 0 Å². The zero-order valence-corrected chi connectivity index (χ0v) is 9.46. The number of hydrogen-bond donors (Lipinski definition) is 2. The SMILES string of the molecule is CC/C(N)=C/C=C(\N)c1cccc(Cl)c1. The van der Waals surface area contributed by atoms with Gasteiger partial charge in [0.25, 0.3) is 0 Å². The van der Waals surface area contributed by atoms with Crippen LogP contribution in [0.2, 0.25) is 5.02 Å². The summed E-state index contributed by atoms with van der Waals surface area (Å²) in [5.74, 6) is 0. The summed E-state index contributed by atoms with van der Waals surface area (Å²) < 4.78 is 0. The van der Waals surface area contributed by atoms with Crippen molar-refractivity contribution in [2.24, 2.45) is 11.5 Å². The van der Waals surface area contributed by atoms with Gasteiger partial charge in [-0.25, -0.2) is 0 Å². The molecule has 0 aromatic heterocycles. The summed E-state index contributed by atoms with van der Waals surface area (Å²) in [4.78, 5) is 0. The molecule has 0 fully saturated rings. The van der Waals surface area contributed by atoms with Crippen molar-refractivity contribution in [2.45, 2.75) is 13.3 Å². The molecule has 80 valence electrons.